The molecule has 0 spiro atoms. The molecule has 2 atom stereocenters. The second-order valence-corrected chi connectivity index (χ2v) is 9.65. The fourth-order valence-electron chi connectivity index (χ4n) is 4.52. The van der Waals surface area contributed by atoms with Gasteiger partial charge in [0.05, 0.1) is 42.1 Å². The van der Waals surface area contributed by atoms with Crippen LogP contribution in [-0.2, 0) is 28.7 Å². The number of ketones is 1. The molecule has 212 valence electrons. The van der Waals surface area contributed by atoms with Crippen molar-refractivity contribution in [1.29, 1.82) is 0 Å². The van der Waals surface area contributed by atoms with Gasteiger partial charge in [0.2, 0.25) is 5.91 Å². The number of nitrogens with one attached hydrogen (secondary N) is 1. The molecule has 1 fully saturated rings. The minimum Gasteiger partial charge on any atom is -0.481 e. The van der Waals surface area contributed by atoms with Crippen LogP contribution in [0.1, 0.15) is 41.0 Å². The molecule has 3 rings (SSSR count). The van der Waals surface area contributed by atoms with E-state index in [-0.39, 0.29) is 30.9 Å². The number of nitrogen functional groups attached to an aromatic ring is 1. The SMILES string of the molecule is CC(C)C(=O)C1C(C(=O)O)C(C(=O)Nc2ccc(C(=O)OCCCOC(=O)c3ccc(N)cc3)cc2)C1C(=O)O. The zero-order valence-electron chi connectivity index (χ0n) is 21.9. The van der Waals surface area contributed by atoms with Crippen molar-refractivity contribution >= 4 is 46.9 Å². The van der Waals surface area contributed by atoms with Gasteiger partial charge in [-0.05, 0) is 48.5 Å². The Balaban J connectivity index is 1.51. The van der Waals surface area contributed by atoms with E-state index in [1.807, 2.05) is 0 Å². The fourth-order valence-corrected chi connectivity index (χ4v) is 4.52. The molecule has 0 saturated heterocycles. The molecule has 2 aromatic carbocycles. The number of carbonyl (C=O) groups is 6. The number of benzene rings is 2. The molecule has 0 aliphatic heterocycles. The van der Waals surface area contributed by atoms with Gasteiger partial charge in [-0.25, -0.2) is 9.59 Å². The summed E-state index contributed by atoms with van der Waals surface area (Å²) in [5.41, 5.74) is 6.80. The van der Waals surface area contributed by atoms with E-state index >= 15 is 0 Å². The maximum absolute atomic E-state index is 12.9. The van der Waals surface area contributed by atoms with E-state index in [0.29, 0.717) is 11.3 Å². The highest BCUT2D eigenvalue weighted by atomic mass is 16.5. The Morgan fingerprint density at radius 3 is 1.62 bits per heavy atom. The van der Waals surface area contributed by atoms with Gasteiger partial charge in [0, 0.05) is 29.6 Å². The second-order valence-electron chi connectivity index (χ2n) is 9.65. The Labute approximate surface area is 229 Å². The summed E-state index contributed by atoms with van der Waals surface area (Å²) in [6, 6.07) is 11.7. The van der Waals surface area contributed by atoms with Gasteiger partial charge in [0.25, 0.3) is 0 Å². The summed E-state index contributed by atoms with van der Waals surface area (Å²) in [7, 11) is 0. The largest absolute Gasteiger partial charge is 0.481 e. The summed E-state index contributed by atoms with van der Waals surface area (Å²) in [6.45, 7) is 3.09. The van der Waals surface area contributed by atoms with Crippen molar-refractivity contribution in [2.24, 2.45) is 29.6 Å². The van der Waals surface area contributed by atoms with Gasteiger partial charge in [-0.2, -0.15) is 0 Å². The highest BCUT2D eigenvalue weighted by Gasteiger charge is 2.63. The molecule has 5 N–H and O–H groups in total. The monoisotopic (exact) mass is 554 g/mol. The van der Waals surface area contributed by atoms with Crippen molar-refractivity contribution in [1.82, 2.24) is 0 Å². The van der Waals surface area contributed by atoms with E-state index in [4.69, 9.17) is 15.2 Å². The van der Waals surface area contributed by atoms with Crippen LogP contribution in [0.15, 0.2) is 48.5 Å². The summed E-state index contributed by atoms with van der Waals surface area (Å²) in [6.07, 6.45) is 0.262. The van der Waals surface area contributed by atoms with Gasteiger partial charge in [0.1, 0.15) is 5.78 Å². The maximum atomic E-state index is 12.9. The summed E-state index contributed by atoms with van der Waals surface area (Å²) in [5, 5.41) is 21.7. The molecule has 40 heavy (non-hydrogen) atoms. The number of carboxylic acids is 2. The molecule has 1 aliphatic rings. The fraction of sp³-hybridized carbons (Fsp3) is 0.357. The van der Waals surface area contributed by atoms with E-state index in [1.54, 1.807) is 12.1 Å². The zero-order chi connectivity index (χ0) is 29.6. The third kappa shape index (κ3) is 6.82. The van der Waals surface area contributed by atoms with E-state index < -0.39 is 65.2 Å². The number of amides is 1. The van der Waals surface area contributed by atoms with Crippen molar-refractivity contribution in [3.8, 4) is 0 Å². The smallest absolute Gasteiger partial charge is 0.338 e. The third-order valence-corrected chi connectivity index (χ3v) is 6.61. The van der Waals surface area contributed by atoms with Crippen LogP contribution >= 0.6 is 0 Å². The van der Waals surface area contributed by atoms with Gasteiger partial charge < -0.3 is 30.7 Å². The first kappa shape index (κ1) is 29.8. The number of hydrogen-bond acceptors (Lipinski definition) is 9. The number of carboxylic acid groups (broad SMARTS) is 2. The van der Waals surface area contributed by atoms with Crippen LogP contribution in [0.25, 0.3) is 0 Å². The number of carbonyl (C=O) groups excluding carboxylic acids is 4. The van der Waals surface area contributed by atoms with Crippen molar-refractivity contribution in [3.05, 3.63) is 59.7 Å². The van der Waals surface area contributed by atoms with Crippen LogP contribution in [0.5, 0.6) is 0 Å². The molecule has 1 saturated carbocycles. The summed E-state index contributed by atoms with van der Waals surface area (Å²) >= 11 is 0. The quantitative estimate of drug-likeness (QED) is 0.171. The molecule has 0 radical (unpaired) electrons. The minimum absolute atomic E-state index is 0.0164. The average molecular weight is 555 g/mol. The van der Waals surface area contributed by atoms with Crippen LogP contribution in [0.3, 0.4) is 0 Å². The van der Waals surface area contributed by atoms with Gasteiger partial charge in [-0.15, -0.1) is 0 Å². The van der Waals surface area contributed by atoms with E-state index in [0.717, 1.165) is 0 Å². The highest BCUT2D eigenvalue weighted by molar-refractivity contribution is 6.04. The average Bonchev–Trinajstić information content (AvgIpc) is 2.87. The van der Waals surface area contributed by atoms with Crippen LogP contribution < -0.4 is 11.1 Å². The van der Waals surface area contributed by atoms with Crippen molar-refractivity contribution in [2.45, 2.75) is 20.3 Å². The minimum atomic E-state index is -1.46. The molecule has 1 amide bonds. The molecule has 0 heterocycles. The maximum Gasteiger partial charge on any atom is 0.338 e. The molecule has 12 heteroatoms. The van der Waals surface area contributed by atoms with Crippen molar-refractivity contribution in [3.63, 3.8) is 0 Å². The normalized spacial score (nSPS) is 19.7. The van der Waals surface area contributed by atoms with Gasteiger partial charge in [-0.3, -0.25) is 19.2 Å². The molecule has 0 bridgehead atoms. The Hall–Kier alpha value is -4.74. The molecular weight excluding hydrogens is 524 g/mol. The highest BCUT2D eigenvalue weighted by Crippen LogP contribution is 2.48. The first-order chi connectivity index (χ1) is 18.9. The van der Waals surface area contributed by atoms with Gasteiger partial charge in [-0.1, -0.05) is 13.8 Å². The Kier molecular flexibility index (Phi) is 9.59. The van der Waals surface area contributed by atoms with Crippen LogP contribution in [0.2, 0.25) is 0 Å². The van der Waals surface area contributed by atoms with Crippen LogP contribution in [-0.4, -0.2) is 59.0 Å². The van der Waals surface area contributed by atoms with Crippen LogP contribution in [0.4, 0.5) is 11.4 Å². The summed E-state index contributed by atoms with van der Waals surface area (Å²) in [5.74, 6) is -11.7. The third-order valence-electron chi connectivity index (χ3n) is 6.61. The van der Waals surface area contributed by atoms with Gasteiger partial charge >= 0.3 is 23.9 Å². The lowest BCUT2D eigenvalue weighted by atomic mass is 9.53. The zero-order valence-corrected chi connectivity index (χ0v) is 21.9. The predicted octanol–water partition coefficient (Wildman–Crippen LogP) is 2.48. The number of nitrogens with two attached hydrogens (primary N) is 1. The standard InChI is InChI=1S/C28H30N2O10/c1-14(2)23(31)19-21(25(33)34)20(22(19)26(35)36)24(32)30-18-10-6-16(7-11-18)28(38)40-13-3-12-39-27(37)15-4-8-17(29)9-5-15/h4-11,14,19-22H,3,12-13,29H2,1-2H3,(H,30,32)(H,33,34)(H,35,36). The lowest BCUT2D eigenvalue weighted by Crippen LogP contribution is -2.61. The molecule has 1 aliphatic carbocycles. The summed E-state index contributed by atoms with van der Waals surface area (Å²) in [4.78, 5) is 73.2. The Bertz CT molecular complexity index is 1270. The lowest BCUT2D eigenvalue weighted by Gasteiger charge is -2.46. The molecule has 0 aromatic heterocycles. The number of ether oxygens (including phenoxy) is 2. The second kappa shape index (κ2) is 12.9. The molecular formula is C28H30N2O10. The Morgan fingerprint density at radius 2 is 1.20 bits per heavy atom. The first-order valence-corrected chi connectivity index (χ1v) is 12.5. The number of esters is 2. The topological polar surface area (TPSA) is 199 Å². The number of anilines is 2. The number of Topliss-reactive ketones (excluding diaryl/α,β-unsaturated/α-hetero) is 1. The Morgan fingerprint density at radius 1 is 0.750 bits per heavy atom. The van der Waals surface area contributed by atoms with E-state index in [9.17, 15) is 39.0 Å². The summed E-state index contributed by atoms with van der Waals surface area (Å²) < 4.78 is 10.3. The molecule has 2 unspecified atom stereocenters. The number of rotatable bonds is 12. The van der Waals surface area contributed by atoms with Crippen molar-refractivity contribution in [2.75, 3.05) is 24.3 Å². The molecule has 2 aromatic rings. The van der Waals surface area contributed by atoms with Crippen molar-refractivity contribution < 1.29 is 48.5 Å². The van der Waals surface area contributed by atoms with Crippen LogP contribution in [0, 0.1) is 29.6 Å². The van der Waals surface area contributed by atoms with Gasteiger partial charge in [0.15, 0.2) is 0 Å². The number of aliphatic carboxylic acids is 2. The van der Waals surface area contributed by atoms with E-state index in [1.165, 1.54) is 50.2 Å². The first-order valence-electron chi connectivity index (χ1n) is 12.5. The van der Waals surface area contributed by atoms with E-state index in [2.05, 4.69) is 5.32 Å². The predicted molar refractivity (Wildman–Crippen MR) is 140 cm³/mol. The lowest BCUT2D eigenvalue weighted by molar-refractivity contribution is -0.180. The number of hydrogen-bond donors (Lipinski definition) is 4. The molecule has 12 nitrogen and oxygen atoms in total.